The van der Waals surface area contributed by atoms with E-state index in [0.29, 0.717) is 22.7 Å². The molecular weight excluding hydrogens is 416 g/mol. The minimum atomic E-state index is -0.780. The second-order valence-corrected chi connectivity index (χ2v) is 8.17. The van der Waals surface area contributed by atoms with Crippen LogP contribution >= 0.6 is 0 Å². The molecule has 0 aromatic heterocycles. The summed E-state index contributed by atoms with van der Waals surface area (Å²) in [4.78, 5) is 40.1. The van der Waals surface area contributed by atoms with Gasteiger partial charge in [-0.05, 0) is 55.8 Å². The molecule has 0 bridgehead atoms. The standard InChI is InChI=1S/C26H26N4O3/c1-17-10-12-19(13-11-17)27-24(31)15-22-26(33)30(23-9-4-3-8-21(23)29-22)16-25(32)28-20-7-5-6-18(2)14-20/h3-14,22,29H,15-16H2,1-2H3,(H,27,31)(H,28,32). The van der Waals surface area contributed by atoms with Gasteiger partial charge in [0.15, 0.2) is 0 Å². The SMILES string of the molecule is Cc1ccc(NC(=O)CC2Nc3ccccc3N(CC(=O)Nc3cccc(C)c3)C2=O)cc1. The van der Waals surface area contributed by atoms with Crippen LogP contribution in [-0.4, -0.2) is 30.3 Å². The molecule has 0 saturated carbocycles. The Morgan fingerprint density at radius 1 is 0.848 bits per heavy atom. The quantitative estimate of drug-likeness (QED) is 0.536. The van der Waals surface area contributed by atoms with Gasteiger partial charge in [0.25, 0.3) is 5.91 Å². The lowest BCUT2D eigenvalue weighted by Crippen LogP contribution is -2.50. The van der Waals surface area contributed by atoms with Crippen molar-refractivity contribution in [2.24, 2.45) is 0 Å². The summed E-state index contributed by atoms with van der Waals surface area (Å²) in [6.45, 7) is 3.76. The summed E-state index contributed by atoms with van der Waals surface area (Å²) in [6, 6.07) is 21.4. The van der Waals surface area contributed by atoms with Gasteiger partial charge in [0.05, 0.1) is 17.8 Å². The molecule has 168 valence electrons. The Labute approximate surface area is 192 Å². The van der Waals surface area contributed by atoms with Crippen molar-refractivity contribution in [3.8, 4) is 0 Å². The maximum Gasteiger partial charge on any atom is 0.250 e. The Kier molecular flexibility index (Phi) is 6.40. The van der Waals surface area contributed by atoms with Gasteiger partial charge in [-0.25, -0.2) is 0 Å². The first-order valence-corrected chi connectivity index (χ1v) is 10.8. The molecule has 33 heavy (non-hydrogen) atoms. The first-order valence-electron chi connectivity index (χ1n) is 10.8. The Hall–Kier alpha value is -4.13. The van der Waals surface area contributed by atoms with Gasteiger partial charge in [-0.3, -0.25) is 19.3 Å². The number of amides is 3. The molecule has 0 radical (unpaired) electrons. The predicted molar refractivity (Wildman–Crippen MR) is 130 cm³/mol. The molecular formula is C26H26N4O3. The molecule has 3 N–H and O–H groups in total. The van der Waals surface area contributed by atoms with Gasteiger partial charge in [0.2, 0.25) is 11.8 Å². The van der Waals surface area contributed by atoms with Gasteiger partial charge < -0.3 is 16.0 Å². The first kappa shape index (κ1) is 22.1. The Bertz CT molecular complexity index is 1190. The molecule has 0 spiro atoms. The van der Waals surface area contributed by atoms with E-state index >= 15 is 0 Å². The molecule has 7 heteroatoms. The molecule has 0 fully saturated rings. The van der Waals surface area contributed by atoms with Crippen molar-refractivity contribution < 1.29 is 14.4 Å². The van der Waals surface area contributed by atoms with E-state index in [4.69, 9.17) is 0 Å². The third kappa shape index (κ3) is 5.38. The normalized spacial score (nSPS) is 14.8. The molecule has 4 rings (SSSR count). The van der Waals surface area contributed by atoms with Gasteiger partial charge in [0, 0.05) is 11.4 Å². The summed E-state index contributed by atoms with van der Waals surface area (Å²) in [7, 11) is 0. The Morgan fingerprint density at radius 3 is 2.33 bits per heavy atom. The topological polar surface area (TPSA) is 90.5 Å². The molecule has 0 aliphatic carbocycles. The summed E-state index contributed by atoms with van der Waals surface area (Å²) < 4.78 is 0. The fraction of sp³-hybridized carbons (Fsp3) is 0.192. The number of hydrogen-bond donors (Lipinski definition) is 3. The van der Waals surface area contributed by atoms with Crippen LogP contribution in [0.5, 0.6) is 0 Å². The minimum Gasteiger partial charge on any atom is -0.372 e. The van der Waals surface area contributed by atoms with Gasteiger partial charge in [-0.15, -0.1) is 0 Å². The average molecular weight is 443 g/mol. The fourth-order valence-electron chi connectivity index (χ4n) is 3.79. The van der Waals surface area contributed by atoms with Crippen LogP contribution in [0.15, 0.2) is 72.8 Å². The molecule has 3 amide bonds. The van der Waals surface area contributed by atoms with Crippen LogP contribution in [0, 0.1) is 13.8 Å². The second kappa shape index (κ2) is 9.56. The molecule has 7 nitrogen and oxygen atoms in total. The van der Waals surface area contributed by atoms with Gasteiger partial charge >= 0.3 is 0 Å². The van der Waals surface area contributed by atoms with E-state index in [0.717, 1.165) is 11.1 Å². The van der Waals surface area contributed by atoms with Crippen molar-refractivity contribution in [2.45, 2.75) is 26.3 Å². The van der Waals surface area contributed by atoms with E-state index in [-0.39, 0.29) is 30.7 Å². The number of fused-ring (bicyclic) bond motifs is 1. The van der Waals surface area contributed by atoms with Crippen LogP contribution in [0.1, 0.15) is 17.5 Å². The zero-order chi connectivity index (χ0) is 23.4. The van der Waals surface area contributed by atoms with E-state index in [1.54, 1.807) is 12.1 Å². The predicted octanol–water partition coefficient (Wildman–Crippen LogP) is 4.10. The lowest BCUT2D eigenvalue weighted by Gasteiger charge is -2.34. The third-order valence-electron chi connectivity index (χ3n) is 5.42. The zero-order valence-corrected chi connectivity index (χ0v) is 18.6. The number of carbonyl (C=O) groups excluding carboxylic acids is 3. The highest BCUT2D eigenvalue weighted by Crippen LogP contribution is 2.32. The largest absolute Gasteiger partial charge is 0.372 e. The molecule has 1 atom stereocenters. The van der Waals surface area contributed by atoms with Gasteiger partial charge in [0.1, 0.15) is 12.6 Å². The molecule has 1 heterocycles. The molecule has 0 saturated heterocycles. The maximum atomic E-state index is 13.3. The van der Waals surface area contributed by atoms with Crippen molar-refractivity contribution in [3.63, 3.8) is 0 Å². The van der Waals surface area contributed by atoms with Gasteiger partial charge in [-0.2, -0.15) is 0 Å². The zero-order valence-electron chi connectivity index (χ0n) is 18.6. The van der Waals surface area contributed by atoms with Crippen molar-refractivity contribution >= 4 is 40.5 Å². The van der Waals surface area contributed by atoms with Crippen molar-refractivity contribution in [3.05, 3.63) is 83.9 Å². The van der Waals surface area contributed by atoms with Crippen LogP contribution in [0.2, 0.25) is 0 Å². The number of aryl methyl sites for hydroxylation is 2. The van der Waals surface area contributed by atoms with Gasteiger partial charge in [-0.1, -0.05) is 42.0 Å². The second-order valence-electron chi connectivity index (χ2n) is 8.17. The molecule has 3 aromatic rings. The third-order valence-corrected chi connectivity index (χ3v) is 5.42. The highest BCUT2D eigenvalue weighted by molar-refractivity contribution is 6.11. The molecule has 1 aliphatic heterocycles. The number of nitrogens with zero attached hydrogens (tertiary/aromatic N) is 1. The van der Waals surface area contributed by atoms with E-state index < -0.39 is 6.04 Å². The van der Waals surface area contributed by atoms with E-state index in [9.17, 15) is 14.4 Å². The minimum absolute atomic E-state index is 0.0585. The summed E-state index contributed by atoms with van der Waals surface area (Å²) in [5.74, 6) is -0.922. The molecule has 1 aliphatic rings. The molecule has 1 unspecified atom stereocenters. The van der Waals surface area contributed by atoms with E-state index in [2.05, 4.69) is 16.0 Å². The summed E-state index contributed by atoms with van der Waals surface area (Å²) in [5, 5.41) is 8.82. The average Bonchev–Trinajstić information content (AvgIpc) is 2.78. The Balaban J connectivity index is 1.48. The Morgan fingerprint density at radius 2 is 1.58 bits per heavy atom. The number of nitrogens with one attached hydrogen (secondary N) is 3. The smallest absolute Gasteiger partial charge is 0.250 e. The number of hydrogen-bond acceptors (Lipinski definition) is 4. The number of rotatable bonds is 6. The van der Waals surface area contributed by atoms with Crippen molar-refractivity contribution in [2.75, 3.05) is 27.4 Å². The number of para-hydroxylation sites is 2. The van der Waals surface area contributed by atoms with Crippen LogP contribution in [0.25, 0.3) is 0 Å². The maximum absolute atomic E-state index is 13.3. The highest BCUT2D eigenvalue weighted by atomic mass is 16.2. The fourth-order valence-corrected chi connectivity index (χ4v) is 3.79. The summed E-state index contributed by atoms with van der Waals surface area (Å²) in [6.07, 6.45) is -0.0585. The van der Waals surface area contributed by atoms with Crippen LogP contribution in [0.3, 0.4) is 0 Å². The molecule has 3 aromatic carbocycles. The number of benzene rings is 3. The number of carbonyl (C=O) groups is 3. The van der Waals surface area contributed by atoms with Crippen molar-refractivity contribution in [1.82, 2.24) is 0 Å². The van der Waals surface area contributed by atoms with Crippen LogP contribution in [-0.2, 0) is 14.4 Å². The first-order chi connectivity index (χ1) is 15.9. The van der Waals surface area contributed by atoms with E-state index in [1.807, 2.05) is 74.5 Å². The monoisotopic (exact) mass is 442 g/mol. The van der Waals surface area contributed by atoms with Crippen LogP contribution < -0.4 is 20.9 Å². The van der Waals surface area contributed by atoms with Crippen LogP contribution in [0.4, 0.5) is 22.7 Å². The lowest BCUT2D eigenvalue weighted by atomic mass is 10.1. The number of anilines is 4. The highest BCUT2D eigenvalue weighted by Gasteiger charge is 2.34. The summed E-state index contributed by atoms with van der Waals surface area (Å²) in [5.41, 5.74) is 4.77. The lowest BCUT2D eigenvalue weighted by molar-refractivity contribution is -0.124. The van der Waals surface area contributed by atoms with E-state index in [1.165, 1.54) is 4.90 Å². The van der Waals surface area contributed by atoms with Crippen molar-refractivity contribution in [1.29, 1.82) is 0 Å². The summed E-state index contributed by atoms with van der Waals surface area (Å²) >= 11 is 0.